The second kappa shape index (κ2) is 9.64. The number of amides is 1. The van der Waals surface area contributed by atoms with Gasteiger partial charge in [-0.1, -0.05) is 72.4 Å². The molecule has 0 fully saturated rings. The quantitative estimate of drug-likeness (QED) is 0.260. The predicted molar refractivity (Wildman–Crippen MR) is 129 cm³/mol. The van der Waals surface area contributed by atoms with Gasteiger partial charge in [-0.3, -0.25) is 4.79 Å². The van der Waals surface area contributed by atoms with E-state index in [2.05, 4.69) is 42.2 Å². The van der Waals surface area contributed by atoms with Crippen molar-refractivity contribution in [2.45, 2.75) is 5.22 Å². The number of carbonyl (C=O) groups is 1. The third-order valence-electron chi connectivity index (χ3n) is 4.22. The number of hydrogen-bond donors (Lipinski definition) is 1. The Balaban J connectivity index is 1.52. The van der Waals surface area contributed by atoms with E-state index >= 15 is 0 Å². The van der Waals surface area contributed by atoms with Crippen LogP contribution >= 0.6 is 43.6 Å². The fourth-order valence-electron chi connectivity index (χ4n) is 2.84. The molecule has 0 unspecified atom stereocenters. The van der Waals surface area contributed by atoms with Gasteiger partial charge in [0.1, 0.15) is 5.69 Å². The number of benzene rings is 3. The van der Waals surface area contributed by atoms with Gasteiger partial charge in [0, 0.05) is 25.8 Å². The molecule has 1 amide bonds. The van der Waals surface area contributed by atoms with Crippen LogP contribution in [0.15, 0.2) is 97.4 Å². The molecule has 4 aromatic rings. The topological polar surface area (TPSA) is 55.1 Å². The van der Waals surface area contributed by atoms with Crippen molar-refractivity contribution in [2.24, 2.45) is 0 Å². The minimum atomic E-state index is -0.130. The Hall–Kier alpha value is -2.35. The number of oxazole rings is 1. The molecule has 0 aliphatic rings. The van der Waals surface area contributed by atoms with Crippen LogP contribution in [0, 0.1) is 0 Å². The van der Waals surface area contributed by atoms with Gasteiger partial charge in [-0.15, -0.1) is 0 Å². The maximum atomic E-state index is 12.4. The second-order valence-electron chi connectivity index (χ2n) is 6.36. The molecule has 30 heavy (non-hydrogen) atoms. The van der Waals surface area contributed by atoms with Crippen LogP contribution in [0.1, 0.15) is 0 Å². The van der Waals surface area contributed by atoms with Crippen LogP contribution in [0.4, 0.5) is 5.69 Å². The van der Waals surface area contributed by atoms with Crippen molar-refractivity contribution in [2.75, 3.05) is 11.1 Å². The highest BCUT2D eigenvalue weighted by molar-refractivity contribution is 9.13. The molecule has 0 bridgehead atoms. The first-order valence-corrected chi connectivity index (χ1v) is 11.7. The van der Waals surface area contributed by atoms with Crippen LogP contribution in [-0.4, -0.2) is 16.6 Å². The summed E-state index contributed by atoms with van der Waals surface area (Å²) >= 11 is 8.13. The highest BCUT2D eigenvalue weighted by Crippen LogP contribution is 2.35. The Morgan fingerprint density at radius 3 is 2.23 bits per heavy atom. The molecular formula is C23H16Br2N2O2S. The Bertz CT molecular complexity index is 1110. The lowest BCUT2D eigenvalue weighted by atomic mass is 10.1. The van der Waals surface area contributed by atoms with Crippen molar-refractivity contribution >= 4 is 55.2 Å². The van der Waals surface area contributed by atoms with Crippen LogP contribution in [0.5, 0.6) is 0 Å². The molecule has 3 aromatic carbocycles. The molecule has 7 heteroatoms. The van der Waals surface area contributed by atoms with Gasteiger partial charge in [-0.05, 0) is 50.1 Å². The molecule has 150 valence electrons. The fourth-order valence-corrected chi connectivity index (χ4v) is 4.09. The summed E-state index contributed by atoms with van der Waals surface area (Å²) in [5.41, 5.74) is 3.40. The van der Waals surface area contributed by atoms with E-state index < -0.39 is 0 Å². The van der Waals surface area contributed by atoms with Crippen molar-refractivity contribution in [3.63, 3.8) is 0 Å². The molecule has 0 saturated carbocycles. The first-order chi connectivity index (χ1) is 14.6. The minimum absolute atomic E-state index is 0.130. The first kappa shape index (κ1) is 20.9. The number of hydrogen-bond acceptors (Lipinski definition) is 4. The number of carbonyl (C=O) groups excluding carboxylic acids is 1. The third kappa shape index (κ3) is 5.03. The molecule has 4 nitrogen and oxygen atoms in total. The Kier molecular flexibility index (Phi) is 6.72. The lowest BCUT2D eigenvalue weighted by Gasteiger charge is -2.05. The van der Waals surface area contributed by atoms with Crippen molar-refractivity contribution in [3.8, 4) is 22.6 Å². The summed E-state index contributed by atoms with van der Waals surface area (Å²) < 4.78 is 7.85. The summed E-state index contributed by atoms with van der Waals surface area (Å²) in [4.78, 5) is 17.0. The molecule has 4 rings (SSSR count). The van der Waals surface area contributed by atoms with Gasteiger partial charge in [-0.2, -0.15) is 0 Å². The fraction of sp³-hybridized carbons (Fsp3) is 0.0435. The van der Waals surface area contributed by atoms with Gasteiger partial charge in [0.15, 0.2) is 5.76 Å². The molecule has 0 spiro atoms. The number of aromatic nitrogens is 1. The van der Waals surface area contributed by atoms with Gasteiger partial charge in [-0.25, -0.2) is 4.98 Å². The van der Waals surface area contributed by atoms with Crippen LogP contribution in [0.2, 0.25) is 0 Å². The van der Waals surface area contributed by atoms with Gasteiger partial charge in [0.2, 0.25) is 5.91 Å². The molecular weight excluding hydrogens is 528 g/mol. The molecule has 0 aliphatic carbocycles. The normalized spacial score (nSPS) is 10.7. The van der Waals surface area contributed by atoms with Crippen LogP contribution in [-0.2, 0) is 4.79 Å². The third-order valence-corrected chi connectivity index (χ3v) is 6.93. The zero-order chi connectivity index (χ0) is 20.9. The zero-order valence-corrected chi connectivity index (χ0v) is 19.6. The largest absolute Gasteiger partial charge is 0.431 e. The van der Waals surface area contributed by atoms with E-state index in [1.165, 1.54) is 11.8 Å². The van der Waals surface area contributed by atoms with E-state index in [0.717, 1.165) is 31.5 Å². The summed E-state index contributed by atoms with van der Waals surface area (Å²) in [7, 11) is 0. The van der Waals surface area contributed by atoms with Crippen molar-refractivity contribution in [1.29, 1.82) is 0 Å². The van der Waals surface area contributed by atoms with E-state index in [4.69, 9.17) is 4.42 Å². The summed E-state index contributed by atoms with van der Waals surface area (Å²) in [5.74, 6) is 0.757. The summed E-state index contributed by atoms with van der Waals surface area (Å²) in [6, 6.07) is 25.3. The van der Waals surface area contributed by atoms with E-state index in [9.17, 15) is 4.79 Å². The Morgan fingerprint density at radius 2 is 1.57 bits per heavy atom. The average Bonchev–Trinajstić information content (AvgIpc) is 3.21. The monoisotopic (exact) mass is 542 g/mol. The number of nitrogens with one attached hydrogen (secondary N) is 1. The van der Waals surface area contributed by atoms with Crippen molar-refractivity contribution in [3.05, 3.63) is 87.8 Å². The smallest absolute Gasteiger partial charge is 0.257 e. The molecule has 0 radical (unpaired) electrons. The first-order valence-electron chi connectivity index (χ1n) is 9.09. The van der Waals surface area contributed by atoms with Crippen LogP contribution in [0.25, 0.3) is 22.6 Å². The molecule has 0 saturated heterocycles. The van der Waals surface area contributed by atoms with E-state index in [1.807, 2.05) is 78.9 Å². The summed E-state index contributed by atoms with van der Waals surface area (Å²) in [6.07, 6.45) is 0. The molecule has 0 aliphatic heterocycles. The highest BCUT2D eigenvalue weighted by Gasteiger charge is 2.18. The molecule has 1 aromatic heterocycles. The standard InChI is InChI=1S/C23H16Br2N2O2S/c24-18-12-11-17(13-19(18)25)26-20(28)14-30-23-27-21(15-7-3-1-4-8-15)22(29-23)16-9-5-2-6-10-16/h1-13H,14H2,(H,26,28). The molecule has 0 atom stereocenters. The van der Waals surface area contributed by atoms with E-state index in [-0.39, 0.29) is 11.7 Å². The van der Waals surface area contributed by atoms with Crippen molar-refractivity contribution in [1.82, 2.24) is 4.98 Å². The minimum Gasteiger partial charge on any atom is -0.431 e. The van der Waals surface area contributed by atoms with Crippen LogP contribution < -0.4 is 5.32 Å². The second-order valence-corrected chi connectivity index (χ2v) is 8.99. The van der Waals surface area contributed by atoms with Gasteiger partial charge < -0.3 is 9.73 Å². The summed E-state index contributed by atoms with van der Waals surface area (Å²) in [6.45, 7) is 0. The number of thioether (sulfide) groups is 1. The zero-order valence-electron chi connectivity index (χ0n) is 15.6. The molecule has 1 heterocycles. The summed E-state index contributed by atoms with van der Waals surface area (Å²) in [5, 5.41) is 3.34. The lowest BCUT2D eigenvalue weighted by Crippen LogP contribution is -2.13. The average molecular weight is 544 g/mol. The number of anilines is 1. The van der Waals surface area contributed by atoms with Gasteiger partial charge in [0.05, 0.1) is 5.75 Å². The number of nitrogens with zero attached hydrogens (tertiary/aromatic N) is 1. The predicted octanol–water partition coefficient (Wildman–Crippen LogP) is 7.26. The Labute approximate surface area is 195 Å². The maximum absolute atomic E-state index is 12.4. The maximum Gasteiger partial charge on any atom is 0.257 e. The van der Waals surface area contributed by atoms with Gasteiger partial charge >= 0.3 is 0 Å². The SMILES string of the molecule is O=C(CSc1nc(-c2ccccc2)c(-c2ccccc2)o1)Nc1ccc(Br)c(Br)c1. The van der Waals surface area contributed by atoms with Crippen LogP contribution in [0.3, 0.4) is 0 Å². The highest BCUT2D eigenvalue weighted by atomic mass is 79.9. The molecule has 1 N–H and O–H groups in total. The van der Waals surface area contributed by atoms with Crippen molar-refractivity contribution < 1.29 is 9.21 Å². The number of halogens is 2. The van der Waals surface area contributed by atoms with E-state index in [1.54, 1.807) is 0 Å². The lowest BCUT2D eigenvalue weighted by molar-refractivity contribution is -0.113. The van der Waals surface area contributed by atoms with E-state index in [0.29, 0.717) is 11.0 Å². The Morgan fingerprint density at radius 1 is 0.900 bits per heavy atom. The van der Waals surface area contributed by atoms with Gasteiger partial charge in [0.25, 0.3) is 5.22 Å². The number of rotatable bonds is 6.